The molecule has 0 amide bonds. The highest BCUT2D eigenvalue weighted by Crippen LogP contribution is 2.22. The molecule has 0 saturated heterocycles. The van der Waals surface area contributed by atoms with Gasteiger partial charge in [-0.3, -0.25) is 0 Å². The molecule has 0 bridgehead atoms. The van der Waals surface area contributed by atoms with E-state index in [9.17, 15) is 4.39 Å². The first-order valence-corrected chi connectivity index (χ1v) is 6.63. The molecule has 4 nitrogen and oxygen atoms in total. The third-order valence-electron chi connectivity index (χ3n) is 2.42. The molecule has 0 unspecified atom stereocenters. The van der Waals surface area contributed by atoms with Crippen LogP contribution in [0.5, 0.6) is 0 Å². The molecule has 2 N–H and O–H groups in total. The van der Waals surface area contributed by atoms with Gasteiger partial charge in [0.05, 0.1) is 6.54 Å². The summed E-state index contributed by atoms with van der Waals surface area (Å²) in [7, 11) is 1.88. The second-order valence-corrected chi connectivity index (χ2v) is 4.76. The zero-order valence-corrected chi connectivity index (χ0v) is 11.2. The fraction of sp³-hybridized carbons (Fsp3) is 0.231. The largest absolute Gasteiger partial charge is 0.320 e. The summed E-state index contributed by atoms with van der Waals surface area (Å²) >= 11 is 1.53. The van der Waals surface area contributed by atoms with Gasteiger partial charge in [0.2, 0.25) is 0 Å². The lowest BCUT2D eigenvalue weighted by Crippen LogP contribution is -1.95. The van der Waals surface area contributed by atoms with Crippen LogP contribution in [0.1, 0.15) is 11.1 Å². The molecule has 6 heteroatoms. The first-order valence-electron chi connectivity index (χ1n) is 5.65. The quantitative estimate of drug-likeness (QED) is 0.683. The van der Waals surface area contributed by atoms with E-state index in [2.05, 4.69) is 22.0 Å². The van der Waals surface area contributed by atoms with Gasteiger partial charge in [0.15, 0.2) is 5.16 Å². The average molecular weight is 276 g/mol. The molecule has 0 radical (unpaired) electrons. The predicted octanol–water partition coefficient (Wildman–Crippen LogP) is 1.56. The second kappa shape index (κ2) is 6.36. The van der Waals surface area contributed by atoms with Crippen molar-refractivity contribution in [2.75, 3.05) is 6.54 Å². The Labute approximate surface area is 115 Å². The van der Waals surface area contributed by atoms with Crippen LogP contribution in [0.3, 0.4) is 0 Å². The molecule has 0 fully saturated rings. The number of nitrogens with two attached hydrogens (primary N) is 1. The SMILES string of the molecule is Cn1cnnc1SCc1ccc(F)cc1C#CCN. The number of benzene rings is 1. The molecule has 0 aliphatic heterocycles. The van der Waals surface area contributed by atoms with E-state index in [1.807, 2.05) is 11.6 Å². The van der Waals surface area contributed by atoms with Gasteiger partial charge in [-0.1, -0.05) is 29.7 Å². The zero-order chi connectivity index (χ0) is 13.7. The lowest BCUT2D eigenvalue weighted by atomic mass is 10.1. The zero-order valence-electron chi connectivity index (χ0n) is 10.4. The monoisotopic (exact) mass is 276 g/mol. The molecule has 2 rings (SSSR count). The Balaban J connectivity index is 2.17. The van der Waals surface area contributed by atoms with Gasteiger partial charge < -0.3 is 10.3 Å². The third kappa shape index (κ3) is 3.56. The van der Waals surface area contributed by atoms with Gasteiger partial charge in [0.25, 0.3) is 0 Å². The van der Waals surface area contributed by atoms with Crippen molar-refractivity contribution in [3.05, 3.63) is 41.5 Å². The summed E-state index contributed by atoms with van der Waals surface area (Å²) in [5, 5.41) is 8.60. The maximum Gasteiger partial charge on any atom is 0.191 e. The summed E-state index contributed by atoms with van der Waals surface area (Å²) in [6.07, 6.45) is 1.64. The molecular formula is C13H13FN4S. The van der Waals surface area contributed by atoms with E-state index in [0.717, 1.165) is 10.7 Å². The second-order valence-electron chi connectivity index (χ2n) is 3.82. The number of rotatable bonds is 3. The van der Waals surface area contributed by atoms with Crippen molar-refractivity contribution in [3.8, 4) is 11.8 Å². The lowest BCUT2D eigenvalue weighted by molar-refractivity contribution is 0.627. The van der Waals surface area contributed by atoms with Crippen molar-refractivity contribution in [2.45, 2.75) is 10.9 Å². The maximum atomic E-state index is 13.2. The highest BCUT2D eigenvalue weighted by atomic mass is 32.2. The fourth-order valence-electron chi connectivity index (χ4n) is 1.48. The normalized spacial score (nSPS) is 10.1. The summed E-state index contributed by atoms with van der Waals surface area (Å²) in [6.45, 7) is 0.256. The maximum absolute atomic E-state index is 13.2. The van der Waals surface area contributed by atoms with Crippen LogP contribution in [-0.2, 0) is 12.8 Å². The molecule has 0 spiro atoms. The number of hydrogen-bond acceptors (Lipinski definition) is 4. The minimum absolute atomic E-state index is 0.256. The standard InChI is InChI=1S/C13H13FN4S/c1-18-9-16-17-13(18)19-8-11-4-5-12(14)7-10(11)3-2-6-15/h4-5,7,9H,6,8,15H2,1H3. The molecule has 0 aliphatic rings. The van der Waals surface area contributed by atoms with Crippen LogP contribution in [0.2, 0.25) is 0 Å². The summed E-state index contributed by atoms with van der Waals surface area (Å²) in [4.78, 5) is 0. The van der Waals surface area contributed by atoms with Crippen LogP contribution < -0.4 is 5.73 Å². The van der Waals surface area contributed by atoms with E-state index < -0.39 is 0 Å². The van der Waals surface area contributed by atoms with Gasteiger partial charge in [-0.25, -0.2) is 4.39 Å². The molecule has 1 aromatic carbocycles. The van der Waals surface area contributed by atoms with E-state index in [4.69, 9.17) is 5.73 Å². The molecule has 98 valence electrons. The van der Waals surface area contributed by atoms with Crippen LogP contribution in [0.25, 0.3) is 0 Å². The third-order valence-corrected chi connectivity index (χ3v) is 3.51. The van der Waals surface area contributed by atoms with Gasteiger partial charge in [-0.15, -0.1) is 10.2 Å². The van der Waals surface area contributed by atoms with Crippen molar-refractivity contribution in [1.82, 2.24) is 14.8 Å². The van der Waals surface area contributed by atoms with Crippen molar-refractivity contribution >= 4 is 11.8 Å². The first kappa shape index (κ1) is 13.6. The number of aromatic nitrogens is 3. The fourth-order valence-corrected chi connectivity index (χ4v) is 2.37. The minimum atomic E-state index is -0.297. The van der Waals surface area contributed by atoms with Gasteiger partial charge in [-0.05, 0) is 17.7 Å². The minimum Gasteiger partial charge on any atom is -0.320 e. The Hall–Kier alpha value is -1.84. The van der Waals surface area contributed by atoms with Crippen molar-refractivity contribution < 1.29 is 4.39 Å². The Morgan fingerprint density at radius 2 is 2.32 bits per heavy atom. The predicted molar refractivity (Wildman–Crippen MR) is 72.9 cm³/mol. The molecule has 1 heterocycles. The van der Waals surface area contributed by atoms with Gasteiger partial charge >= 0.3 is 0 Å². The van der Waals surface area contributed by atoms with Crippen molar-refractivity contribution in [1.29, 1.82) is 0 Å². The van der Waals surface area contributed by atoms with Crippen LogP contribution in [0.15, 0.2) is 29.7 Å². The van der Waals surface area contributed by atoms with Crippen LogP contribution in [-0.4, -0.2) is 21.3 Å². The van der Waals surface area contributed by atoms with E-state index in [-0.39, 0.29) is 12.4 Å². The summed E-state index contributed by atoms with van der Waals surface area (Å²) in [5.41, 5.74) is 6.96. The molecule has 0 atom stereocenters. The molecule has 1 aromatic heterocycles. The van der Waals surface area contributed by atoms with Crippen molar-refractivity contribution in [3.63, 3.8) is 0 Å². The topological polar surface area (TPSA) is 56.7 Å². The van der Waals surface area contributed by atoms with Gasteiger partial charge in [-0.2, -0.15) is 0 Å². The molecule has 19 heavy (non-hydrogen) atoms. The Morgan fingerprint density at radius 3 is 3.00 bits per heavy atom. The van der Waals surface area contributed by atoms with Gasteiger partial charge in [0, 0.05) is 18.4 Å². The highest BCUT2D eigenvalue weighted by Gasteiger charge is 2.06. The number of thioether (sulfide) groups is 1. The lowest BCUT2D eigenvalue weighted by Gasteiger charge is -2.04. The van der Waals surface area contributed by atoms with Crippen LogP contribution >= 0.6 is 11.8 Å². The summed E-state index contributed by atoms with van der Waals surface area (Å²) < 4.78 is 15.1. The van der Waals surface area contributed by atoms with Crippen molar-refractivity contribution in [2.24, 2.45) is 12.8 Å². The summed E-state index contributed by atoms with van der Waals surface area (Å²) in [5.74, 6) is 5.99. The van der Waals surface area contributed by atoms with E-state index in [1.54, 1.807) is 12.4 Å². The van der Waals surface area contributed by atoms with Crippen LogP contribution in [0.4, 0.5) is 4.39 Å². The van der Waals surface area contributed by atoms with Gasteiger partial charge in [0.1, 0.15) is 12.1 Å². The van der Waals surface area contributed by atoms with E-state index in [0.29, 0.717) is 11.3 Å². The molecule has 0 saturated carbocycles. The smallest absolute Gasteiger partial charge is 0.191 e. The molecular weight excluding hydrogens is 263 g/mol. The number of nitrogens with zero attached hydrogens (tertiary/aromatic N) is 3. The number of hydrogen-bond donors (Lipinski definition) is 1. The Bertz CT molecular complexity index is 627. The number of halogens is 1. The van der Waals surface area contributed by atoms with E-state index in [1.165, 1.54) is 23.9 Å². The average Bonchev–Trinajstić information content (AvgIpc) is 2.81. The van der Waals surface area contributed by atoms with Crippen LogP contribution in [0, 0.1) is 17.7 Å². The first-order chi connectivity index (χ1) is 9.20. The molecule has 2 aromatic rings. The van der Waals surface area contributed by atoms with E-state index >= 15 is 0 Å². The Kier molecular flexibility index (Phi) is 4.55. The highest BCUT2D eigenvalue weighted by molar-refractivity contribution is 7.98. The summed E-state index contributed by atoms with van der Waals surface area (Å²) in [6, 6.07) is 4.59. The number of aryl methyl sites for hydroxylation is 1. The molecule has 0 aliphatic carbocycles. The Morgan fingerprint density at radius 1 is 1.47 bits per heavy atom.